The van der Waals surface area contributed by atoms with E-state index in [1.165, 1.54) is 0 Å². The minimum atomic E-state index is 0.691. The van der Waals surface area contributed by atoms with Gasteiger partial charge in [0.25, 0.3) is 0 Å². The number of nitrogens with zero attached hydrogens (tertiary/aromatic N) is 3. The number of hydrogen-bond acceptors (Lipinski definition) is 6. The lowest BCUT2D eigenvalue weighted by molar-refractivity contribution is 0.414. The molecule has 0 unspecified atom stereocenters. The molecule has 0 aliphatic carbocycles. The smallest absolute Gasteiger partial charge is 0.147 e. The van der Waals surface area contributed by atoms with Crippen LogP contribution in [0.2, 0.25) is 0 Å². The lowest BCUT2D eigenvalue weighted by Crippen LogP contribution is -2.01. The average molecular weight is 348 g/mol. The van der Waals surface area contributed by atoms with Crippen LogP contribution in [0.15, 0.2) is 61.2 Å². The summed E-state index contributed by atoms with van der Waals surface area (Å²) in [5.74, 6) is 1.70. The van der Waals surface area contributed by atoms with Crippen LogP contribution in [-0.4, -0.2) is 22.1 Å². The average Bonchev–Trinajstić information content (AvgIpc) is 3.12. The SMILES string of the molecule is COc1ccc(CNc2ncnc3cc(-c4cccnc4)sc23)cc1. The van der Waals surface area contributed by atoms with Gasteiger partial charge in [-0.05, 0) is 29.8 Å². The molecule has 1 N–H and O–H groups in total. The van der Waals surface area contributed by atoms with E-state index in [0.29, 0.717) is 6.54 Å². The monoisotopic (exact) mass is 348 g/mol. The first-order valence-corrected chi connectivity index (χ1v) is 8.67. The third kappa shape index (κ3) is 3.29. The van der Waals surface area contributed by atoms with Crippen LogP contribution in [0.1, 0.15) is 5.56 Å². The summed E-state index contributed by atoms with van der Waals surface area (Å²) in [6, 6.07) is 14.1. The van der Waals surface area contributed by atoms with Crippen molar-refractivity contribution in [3.05, 3.63) is 66.7 Å². The number of pyridine rings is 1. The Balaban J connectivity index is 1.60. The van der Waals surface area contributed by atoms with Crippen molar-refractivity contribution in [1.82, 2.24) is 15.0 Å². The molecule has 1 aromatic carbocycles. The van der Waals surface area contributed by atoms with Crippen molar-refractivity contribution in [2.45, 2.75) is 6.54 Å². The number of fused-ring (bicyclic) bond motifs is 1. The predicted octanol–water partition coefficient (Wildman–Crippen LogP) is 4.37. The second-order valence-corrected chi connectivity index (χ2v) is 6.54. The van der Waals surface area contributed by atoms with Crippen LogP contribution in [0, 0.1) is 0 Å². The van der Waals surface area contributed by atoms with E-state index >= 15 is 0 Å². The molecule has 3 aromatic heterocycles. The Morgan fingerprint density at radius 2 is 2.00 bits per heavy atom. The molecule has 3 heterocycles. The van der Waals surface area contributed by atoms with Crippen LogP contribution in [-0.2, 0) is 6.54 Å². The molecule has 0 radical (unpaired) electrons. The molecule has 124 valence electrons. The highest BCUT2D eigenvalue weighted by molar-refractivity contribution is 7.22. The molecule has 0 bridgehead atoms. The molecular weight excluding hydrogens is 332 g/mol. The minimum Gasteiger partial charge on any atom is -0.497 e. The minimum absolute atomic E-state index is 0.691. The number of hydrogen-bond donors (Lipinski definition) is 1. The Morgan fingerprint density at radius 3 is 2.76 bits per heavy atom. The molecule has 5 nitrogen and oxygen atoms in total. The topological polar surface area (TPSA) is 59.9 Å². The van der Waals surface area contributed by atoms with Gasteiger partial charge in [0.1, 0.15) is 17.9 Å². The van der Waals surface area contributed by atoms with Crippen LogP contribution in [0.25, 0.3) is 20.7 Å². The summed E-state index contributed by atoms with van der Waals surface area (Å²) < 4.78 is 6.24. The maximum atomic E-state index is 5.19. The van der Waals surface area contributed by atoms with Gasteiger partial charge in [0.15, 0.2) is 0 Å². The van der Waals surface area contributed by atoms with E-state index in [1.807, 2.05) is 36.5 Å². The van der Waals surface area contributed by atoms with E-state index in [1.54, 1.807) is 31.0 Å². The van der Waals surface area contributed by atoms with Crippen LogP contribution >= 0.6 is 11.3 Å². The second kappa shape index (κ2) is 6.86. The number of anilines is 1. The number of benzene rings is 1. The van der Waals surface area contributed by atoms with E-state index in [0.717, 1.165) is 37.8 Å². The Labute approximate surface area is 149 Å². The Morgan fingerprint density at radius 1 is 1.12 bits per heavy atom. The summed E-state index contributed by atoms with van der Waals surface area (Å²) in [7, 11) is 1.67. The summed E-state index contributed by atoms with van der Waals surface area (Å²) in [6.45, 7) is 0.691. The van der Waals surface area contributed by atoms with Gasteiger partial charge in [-0.15, -0.1) is 11.3 Å². The molecule has 0 atom stereocenters. The van der Waals surface area contributed by atoms with E-state index in [-0.39, 0.29) is 0 Å². The van der Waals surface area contributed by atoms with Crippen LogP contribution in [0.3, 0.4) is 0 Å². The normalized spacial score (nSPS) is 10.8. The summed E-state index contributed by atoms with van der Waals surface area (Å²) >= 11 is 1.67. The third-order valence-electron chi connectivity index (χ3n) is 3.88. The van der Waals surface area contributed by atoms with Gasteiger partial charge in [0.05, 0.1) is 17.3 Å². The molecule has 6 heteroatoms. The number of aromatic nitrogens is 3. The van der Waals surface area contributed by atoms with E-state index in [4.69, 9.17) is 4.74 Å². The number of ether oxygens (including phenoxy) is 1. The standard InChI is InChI=1S/C19H16N4OS/c1-24-15-6-4-13(5-7-15)10-21-19-18-16(22-12-23-19)9-17(25-18)14-3-2-8-20-11-14/h2-9,11-12H,10H2,1H3,(H,21,22,23). The first kappa shape index (κ1) is 15.5. The van der Waals surface area contributed by atoms with Gasteiger partial charge in [-0.2, -0.15) is 0 Å². The zero-order valence-corrected chi connectivity index (χ0v) is 14.5. The second-order valence-electron chi connectivity index (χ2n) is 5.49. The van der Waals surface area contributed by atoms with Crippen molar-refractivity contribution in [3.8, 4) is 16.2 Å². The van der Waals surface area contributed by atoms with Gasteiger partial charge in [0.2, 0.25) is 0 Å². The quantitative estimate of drug-likeness (QED) is 0.580. The molecule has 0 saturated heterocycles. The Kier molecular flexibility index (Phi) is 4.26. The highest BCUT2D eigenvalue weighted by atomic mass is 32.1. The maximum Gasteiger partial charge on any atom is 0.147 e. The summed E-state index contributed by atoms with van der Waals surface area (Å²) in [5, 5.41) is 3.41. The third-order valence-corrected chi connectivity index (χ3v) is 5.06. The lowest BCUT2D eigenvalue weighted by atomic mass is 10.2. The molecule has 4 rings (SSSR count). The first-order chi connectivity index (χ1) is 12.3. The fraction of sp³-hybridized carbons (Fsp3) is 0.105. The molecule has 25 heavy (non-hydrogen) atoms. The van der Waals surface area contributed by atoms with E-state index in [9.17, 15) is 0 Å². The van der Waals surface area contributed by atoms with Gasteiger partial charge >= 0.3 is 0 Å². The summed E-state index contributed by atoms with van der Waals surface area (Å²) in [4.78, 5) is 14.1. The van der Waals surface area contributed by atoms with Crippen molar-refractivity contribution >= 4 is 27.4 Å². The Hall–Kier alpha value is -2.99. The summed E-state index contributed by atoms with van der Waals surface area (Å²) in [6.07, 6.45) is 5.24. The molecule has 0 amide bonds. The molecule has 0 fully saturated rings. The highest BCUT2D eigenvalue weighted by Gasteiger charge is 2.10. The zero-order valence-electron chi connectivity index (χ0n) is 13.6. The van der Waals surface area contributed by atoms with Crippen LogP contribution in [0.4, 0.5) is 5.82 Å². The molecule has 0 aliphatic rings. The number of nitrogens with one attached hydrogen (secondary N) is 1. The van der Waals surface area contributed by atoms with Gasteiger partial charge in [-0.25, -0.2) is 9.97 Å². The molecule has 0 saturated carbocycles. The molecule has 0 aliphatic heterocycles. The van der Waals surface area contributed by atoms with E-state index in [2.05, 4.69) is 32.4 Å². The van der Waals surface area contributed by atoms with Crippen molar-refractivity contribution in [2.75, 3.05) is 12.4 Å². The number of thiophene rings is 1. The van der Waals surface area contributed by atoms with Crippen LogP contribution in [0.5, 0.6) is 5.75 Å². The summed E-state index contributed by atoms with van der Waals surface area (Å²) in [5.41, 5.74) is 3.19. The van der Waals surface area contributed by atoms with Gasteiger partial charge < -0.3 is 10.1 Å². The number of rotatable bonds is 5. The first-order valence-electron chi connectivity index (χ1n) is 7.85. The predicted molar refractivity (Wildman–Crippen MR) is 101 cm³/mol. The van der Waals surface area contributed by atoms with Gasteiger partial charge in [-0.3, -0.25) is 4.98 Å². The van der Waals surface area contributed by atoms with Gasteiger partial charge in [0, 0.05) is 29.4 Å². The molecule has 4 aromatic rings. The van der Waals surface area contributed by atoms with Crippen molar-refractivity contribution < 1.29 is 4.74 Å². The maximum absolute atomic E-state index is 5.19. The Bertz CT molecular complexity index is 983. The van der Waals surface area contributed by atoms with Crippen molar-refractivity contribution in [2.24, 2.45) is 0 Å². The van der Waals surface area contributed by atoms with Crippen LogP contribution < -0.4 is 10.1 Å². The zero-order chi connectivity index (χ0) is 17.1. The molecule has 0 spiro atoms. The molecular formula is C19H16N4OS. The van der Waals surface area contributed by atoms with Gasteiger partial charge in [-0.1, -0.05) is 18.2 Å². The van der Waals surface area contributed by atoms with Crippen molar-refractivity contribution in [3.63, 3.8) is 0 Å². The van der Waals surface area contributed by atoms with E-state index < -0.39 is 0 Å². The fourth-order valence-corrected chi connectivity index (χ4v) is 3.63. The largest absolute Gasteiger partial charge is 0.497 e. The number of methoxy groups -OCH3 is 1. The van der Waals surface area contributed by atoms with Crippen molar-refractivity contribution in [1.29, 1.82) is 0 Å². The highest BCUT2D eigenvalue weighted by Crippen LogP contribution is 2.35. The fourth-order valence-electron chi connectivity index (χ4n) is 2.56. The lowest BCUT2D eigenvalue weighted by Gasteiger charge is -2.07.